The minimum Gasteiger partial charge on any atom is -0.360 e. The third kappa shape index (κ3) is 7.25. The Hall–Kier alpha value is -2.50. The van der Waals surface area contributed by atoms with Gasteiger partial charge in [0.2, 0.25) is 5.91 Å². The molecule has 0 atom stereocenters. The molecule has 1 saturated heterocycles. The predicted octanol–water partition coefficient (Wildman–Crippen LogP) is 2.77. The number of hydrogen-bond acceptors (Lipinski definition) is 3. The summed E-state index contributed by atoms with van der Waals surface area (Å²) in [6, 6.07) is 8.37. The van der Waals surface area contributed by atoms with E-state index in [4.69, 9.17) is 4.99 Å². The number of unbranched alkanes of at least 4 members (excludes halogenated alkanes) is 3. The summed E-state index contributed by atoms with van der Waals surface area (Å²) >= 11 is 0. The molecule has 0 aliphatic carbocycles. The van der Waals surface area contributed by atoms with Crippen molar-refractivity contribution >= 4 is 17.6 Å². The van der Waals surface area contributed by atoms with Crippen molar-refractivity contribution in [2.45, 2.75) is 39.2 Å². The fourth-order valence-electron chi connectivity index (χ4n) is 3.23. The number of nitrogens with one attached hydrogen (secondary N) is 2. The molecule has 1 aromatic carbocycles. The molecular weight excluding hydrogens is 350 g/mol. The van der Waals surface area contributed by atoms with Crippen LogP contribution in [-0.2, 0) is 11.3 Å². The third-order valence-corrected chi connectivity index (χ3v) is 4.85. The van der Waals surface area contributed by atoms with Gasteiger partial charge in [0.15, 0.2) is 5.96 Å². The first kappa shape index (κ1) is 21.8. The zero-order valence-electron chi connectivity index (χ0n) is 17.4. The number of nitrogens with zero attached hydrogens (tertiary/aromatic N) is 3. The highest BCUT2D eigenvalue weighted by Gasteiger charge is 2.16. The predicted molar refractivity (Wildman–Crippen MR) is 118 cm³/mol. The van der Waals surface area contributed by atoms with Crippen LogP contribution in [0, 0.1) is 0 Å². The van der Waals surface area contributed by atoms with Gasteiger partial charge in [0.25, 0.3) is 0 Å². The van der Waals surface area contributed by atoms with Gasteiger partial charge in [0, 0.05) is 38.9 Å². The van der Waals surface area contributed by atoms with Gasteiger partial charge >= 0.3 is 0 Å². The number of hydrogen-bond donors (Lipinski definition) is 2. The average Bonchev–Trinajstić information content (AvgIpc) is 2.71. The molecule has 28 heavy (non-hydrogen) atoms. The van der Waals surface area contributed by atoms with Crippen LogP contribution < -0.4 is 15.5 Å². The number of carbonyl (C=O) groups excluding carboxylic acids is 1. The Balaban J connectivity index is 1.88. The van der Waals surface area contributed by atoms with Crippen molar-refractivity contribution in [3.05, 3.63) is 42.5 Å². The van der Waals surface area contributed by atoms with E-state index >= 15 is 0 Å². The minimum absolute atomic E-state index is 0.0859. The van der Waals surface area contributed by atoms with Crippen LogP contribution in [0.25, 0.3) is 0 Å². The van der Waals surface area contributed by atoms with Gasteiger partial charge in [-0.2, -0.15) is 0 Å². The van der Waals surface area contributed by atoms with Crippen LogP contribution in [0.15, 0.2) is 41.9 Å². The quantitative estimate of drug-likeness (QED) is 0.281. The summed E-state index contributed by atoms with van der Waals surface area (Å²) in [7, 11) is 2.10. The van der Waals surface area contributed by atoms with Crippen molar-refractivity contribution in [3.8, 4) is 0 Å². The number of allylic oxidation sites excluding steroid dienone is 1. The van der Waals surface area contributed by atoms with Crippen LogP contribution >= 0.6 is 0 Å². The van der Waals surface area contributed by atoms with E-state index in [0.717, 1.165) is 44.1 Å². The van der Waals surface area contributed by atoms with Crippen LogP contribution in [0.1, 0.15) is 38.2 Å². The molecule has 2 rings (SSSR count). The van der Waals surface area contributed by atoms with Gasteiger partial charge in [-0.15, -0.1) is 6.58 Å². The van der Waals surface area contributed by atoms with Crippen LogP contribution in [-0.4, -0.2) is 56.5 Å². The normalized spacial score (nSPS) is 14.6. The SMILES string of the molecule is C=CCCCCCN(C)C(=NCc1ccc(N2CCNC(=O)C2)cc1)NCC. The summed E-state index contributed by atoms with van der Waals surface area (Å²) in [5.74, 6) is 1.03. The second-order valence-electron chi connectivity index (χ2n) is 7.17. The molecule has 6 nitrogen and oxygen atoms in total. The third-order valence-electron chi connectivity index (χ3n) is 4.85. The average molecular weight is 386 g/mol. The van der Waals surface area contributed by atoms with Crippen molar-refractivity contribution in [2.75, 3.05) is 44.7 Å². The minimum atomic E-state index is 0.0859. The van der Waals surface area contributed by atoms with E-state index in [-0.39, 0.29) is 5.91 Å². The molecule has 0 spiro atoms. The molecule has 1 fully saturated rings. The van der Waals surface area contributed by atoms with Crippen molar-refractivity contribution in [3.63, 3.8) is 0 Å². The first-order chi connectivity index (χ1) is 13.6. The molecule has 0 aromatic heterocycles. The molecule has 0 unspecified atom stereocenters. The number of carbonyl (C=O) groups is 1. The summed E-state index contributed by atoms with van der Waals surface area (Å²) < 4.78 is 0. The smallest absolute Gasteiger partial charge is 0.239 e. The van der Waals surface area contributed by atoms with Crippen LogP contribution in [0.2, 0.25) is 0 Å². The van der Waals surface area contributed by atoms with E-state index in [2.05, 4.69) is 65.2 Å². The first-order valence-corrected chi connectivity index (χ1v) is 10.3. The summed E-state index contributed by atoms with van der Waals surface area (Å²) in [6.07, 6.45) is 6.66. The number of rotatable bonds is 10. The zero-order chi connectivity index (χ0) is 20.2. The van der Waals surface area contributed by atoms with Crippen molar-refractivity contribution < 1.29 is 4.79 Å². The van der Waals surface area contributed by atoms with Crippen LogP contribution in [0.5, 0.6) is 0 Å². The number of guanidine groups is 1. The Kier molecular flexibility index (Phi) is 9.39. The van der Waals surface area contributed by atoms with Crippen LogP contribution in [0.3, 0.4) is 0 Å². The summed E-state index contributed by atoms with van der Waals surface area (Å²) in [5.41, 5.74) is 2.26. The molecule has 1 aromatic rings. The first-order valence-electron chi connectivity index (χ1n) is 10.3. The molecule has 6 heteroatoms. The monoisotopic (exact) mass is 385 g/mol. The standard InChI is InChI=1S/C22H35N5O/c1-4-6-7-8-9-15-26(3)22(23-5-2)25-17-19-10-12-20(13-11-19)27-16-14-24-21(28)18-27/h4,10-13H,1,5-9,14-18H2,2-3H3,(H,23,25)(H,24,28). The van der Waals surface area contributed by atoms with Crippen molar-refractivity contribution in [1.29, 1.82) is 0 Å². The molecule has 1 amide bonds. The Bertz CT molecular complexity index is 641. The molecule has 0 bridgehead atoms. The number of aliphatic imine (C=N–C) groups is 1. The van der Waals surface area contributed by atoms with E-state index in [1.165, 1.54) is 18.4 Å². The molecule has 2 N–H and O–H groups in total. The Morgan fingerprint density at radius 3 is 2.79 bits per heavy atom. The van der Waals surface area contributed by atoms with Gasteiger partial charge in [0.05, 0.1) is 13.1 Å². The summed E-state index contributed by atoms with van der Waals surface area (Å²) in [6.45, 7) is 10.4. The number of amides is 1. The van der Waals surface area contributed by atoms with Gasteiger partial charge < -0.3 is 20.4 Å². The lowest BCUT2D eigenvalue weighted by Gasteiger charge is -2.28. The highest BCUT2D eigenvalue weighted by Crippen LogP contribution is 2.16. The molecular formula is C22H35N5O. The largest absolute Gasteiger partial charge is 0.360 e. The lowest BCUT2D eigenvalue weighted by molar-refractivity contribution is -0.120. The van der Waals surface area contributed by atoms with Gasteiger partial charge in [-0.25, -0.2) is 4.99 Å². The van der Waals surface area contributed by atoms with Crippen LogP contribution in [0.4, 0.5) is 5.69 Å². The van der Waals surface area contributed by atoms with Crippen molar-refractivity contribution in [2.24, 2.45) is 4.99 Å². The van der Waals surface area contributed by atoms with Gasteiger partial charge in [-0.05, 0) is 43.9 Å². The maximum absolute atomic E-state index is 11.6. The lowest BCUT2D eigenvalue weighted by Crippen LogP contribution is -2.47. The van der Waals surface area contributed by atoms with E-state index in [1.54, 1.807) is 0 Å². The Labute approximate surface area is 169 Å². The maximum Gasteiger partial charge on any atom is 0.239 e. The molecule has 0 saturated carbocycles. The molecule has 0 radical (unpaired) electrons. The molecule has 1 heterocycles. The summed E-state index contributed by atoms with van der Waals surface area (Å²) in [5, 5.41) is 6.24. The van der Waals surface area contributed by atoms with Gasteiger partial charge in [0.1, 0.15) is 0 Å². The number of anilines is 1. The van der Waals surface area contributed by atoms with Crippen molar-refractivity contribution in [1.82, 2.24) is 15.5 Å². The Morgan fingerprint density at radius 1 is 1.32 bits per heavy atom. The number of piperazine rings is 1. The fraction of sp³-hybridized carbons (Fsp3) is 0.545. The van der Waals surface area contributed by atoms with Gasteiger partial charge in [-0.3, -0.25) is 4.79 Å². The highest BCUT2D eigenvalue weighted by atomic mass is 16.2. The highest BCUT2D eigenvalue weighted by molar-refractivity contribution is 5.82. The van der Waals surface area contributed by atoms with E-state index in [9.17, 15) is 4.79 Å². The summed E-state index contributed by atoms with van der Waals surface area (Å²) in [4.78, 5) is 20.7. The Morgan fingerprint density at radius 2 is 2.11 bits per heavy atom. The molecule has 1 aliphatic heterocycles. The molecule has 1 aliphatic rings. The fourth-order valence-corrected chi connectivity index (χ4v) is 3.23. The molecule has 154 valence electrons. The zero-order valence-corrected chi connectivity index (χ0v) is 17.4. The lowest BCUT2D eigenvalue weighted by atomic mass is 10.2. The van der Waals surface area contributed by atoms with E-state index < -0.39 is 0 Å². The maximum atomic E-state index is 11.6. The second kappa shape index (κ2) is 12.1. The van der Waals surface area contributed by atoms with Gasteiger partial charge in [-0.1, -0.05) is 24.6 Å². The number of benzene rings is 1. The second-order valence-corrected chi connectivity index (χ2v) is 7.17. The van der Waals surface area contributed by atoms with E-state index in [1.807, 2.05) is 6.08 Å². The van der Waals surface area contributed by atoms with E-state index in [0.29, 0.717) is 19.6 Å². The topological polar surface area (TPSA) is 60.0 Å².